The lowest BCUT2D eigenvalue weighted by Gasteiger charge is -2.40. The van der Waals surface area contributed by atoms with Crippen LogP contribution in [0.3, 0.4) is 0 Å². The summed E-state index contributed by atoms with van der Waals surface area (Å²) in [4.78, 5) is 16.6. The van der Waals surface area contributed by atoms with E-state index in [4.69, 9.17) is 5.73 Å². The lowest BCUT2D eigenvalue weighted by molar-refractivity contribution is -0.140. The lowest BCUT2D eigenvalue weighted by atomic mass is 9.90. The van der Waals surface area contributed by atoms with Crippen molar-refractivity contribution in [3.8, 4) is 0 Å². The molecule has 0 radical (unpaired) electrons. The first-order valence-electron chi connectivity index (χ1n) is 7.85. The van der Waals surface area contributed by atoms with Crippen LogP contribution in [0.1, 0.15) is 55.0 Å². The molecular weight excluding hydrogens is 268 g/mol. The molecule has 1 aliphatic heterocycles. The molecule has 4 heteroatoms. The molecule has 2 heterocycles. The third-order valence-electron chi connectivity index (χ3n) is 5.27. The fourth-order valence-electron chi connectivity index (χ4n) is 4.00. The number of nitrogens with zero attached hydrogens (tertiary/aromatic N) is 1. The van der Waals surface area contributed by atoms with E-state index in [1.165, 1.54) is 23.3 Å². The summed E-state index contributed by atoms with van der Waals surface area (Å²) in [7, 11) is 0. The Morgan fingerprint density at radius 1 is 1.35 bits per heavy atom. The number of rotatable bonds is 2. The molecule has 2 fully saturated rings. The standard InChI is InChI=1S/C16H22N2OS/c17-16(7-1-2-8-16)15(19)18-9-5-13-12(6-10-20-13)14(18)11-3-4-11/h6,10-11,14H,1-5,7-9,17H2. The van der Waals surface area contributed by atoms with Gasteiger partial charge in [-0.1, -0.05) is 12.8 Å². The molecule has 1 unspecified atom stereocenters. The number of hydrogen-bond donors (Lipinski definition) is 1. The molecule has 4 rings (SSSR count). The van der Waals surface area contributed by atoms with Crippen molar-refractivity contribution >= 4 is 17.2 Å². The first-order valence-corrected chi connectivity index (χ1v) is 8.73. The van der Waals surface area contributed by atoms with Crippen molar-refractivity contribution in [2.75, 3.05) is 6.54 Å². The molecule has 3 aliphatic rings. The van der Waals surface area contributed by atoms with Crippen LogP contribution in [0.5, 0.6) is 0 Å². The molecule has 0 saturated heterocycles. The summed E-state index contributed by atoms with van der Waals surface area (Å²) in [6.07, 6.45) is 7.49. The summed E-state index contributed by atoms with van der Waals surface area (Å²) in [5, 5.41) is 2.18. The lowest BCUT2D eigenvalue weighted by Crippen LogP contribution is -2.56. The number of carbonyl (C=O) groups excluding carboxylic acids is 1. The molecule has 20 heavy (non-hydrogen) atoms. The molecule has 0 spiro atoms. The number of hydrogen-bond acceptors (Lipinski definition) is 3. The highest BCUT2D eigenvalue weighted by Crippen LogP contribution is 2.49. The zero-order valence-corrected chi connectivity index (χ0v) is 12.6. The summed E-state index contributed by atoms with van der Waals surface area (Å²) in [5.74, 6) is 0.904. The average Bonchev–Trinajstić information content (AvgIpc) is 3.00. The normalized spacial score (nSPS) is 28.4. The van der Waals surface area contributed by atoms with E-state index in [-0.39, 0.29) is 5.91 Å². The van der Waals surface area contributed by atoms with Crippen molar-refractivity contribution < 1.29 is 4.79 Å². The fourth-order valence-corrected chi connectivity index (χ4v) is 4.91. The van der Waals surface area contributed by atoms with E-state index in [1.807, 2.05) is 11.3 Å². The summed E-state index contributed by atoms with van der Waals surface area (Å²) >= 11 is 1.85. The van der Waals surface area contributed by atoms with Crippen LogP contribution in [-0.4, -0.2) is 22.9 Å². The van der Waals surface area contributed by atoms with E-state index in [1.54, 1.807) is 0 Å². The van der Waals surface area contributed by atoms with Crippen molar-refractivity contribution in [1.82, 2.24) is 4.90 Å². The maximum absolute atomic E-state index is 13.0. The molecular formula is C16H22N2OS. The van der Waals surface area contributed by atoms with E-state index in [2.05, 4.69) is 16.3 Å². The molecule has 0 aromatic carbocycles. The fraction of sp³-hybridized carbons (Fsp3) is 0.688. The zero-order chi connectivity index (χ0) is 13.7. The van der Waals surface area contributed by atoms with Crippen LogP contribution >= 0.6 is 11.3 Å². The van der Waals surface area contributed by atoms with Gasteiger partial charge < -0.3 is 10.6 Å². The molecule has 1 aromatic heterocycles. The minimum atomic E-state index is -0.569. The van der Waals surface area contributed by atoms with Gasteiger partial charge in [-0.25, -0.2) is 0 Å². The Hall–Kier alpha value is -0.870. The Kier molecular flexibility index (Phi) is 2.93. The van der Waals surface area contributed by atoms with E-state index < -0.39 is 5.54 Å². The molecule has 2 saturated carbocycles. The molecule has 1 aromatic rings. The Morgan fingerprint density at radius 2 is 2.10 bits per heavy atom. The Balaban J connectivity index is 1.66. The monoisotopic (exact) mass is 290 g/mol. The highest BCUT2D eigenvalue weighted by Gasteiger charge is 2.47. The first kappa shape index (κ1) is 12.8. The van der Waals surface area contributed by atoms with E-state index in [9.17, 15) is 4.79 Å². The zero-order valence-electron chi connectivity index (χ0n) is 11.8. The molecule has 1 atom stereocenters. The number of thiophene rings is 1. The van der Waals surface area contributed by atoms with Gasteiger partial charge in [0.1, 0.15) is 0 Å². The third-order valence-corrected chi connectivity index (χ3v) is 6.26. The van der Waals surface area contributed by atoms with Crippen molar-refractivity contribution in [3.05, 3.63) is 21.9 Å². The van der Waals surface area contributed by atoms with Gasteiger partial charge >= 0.3 is 0 Å². The average molecular weight is 290 g/mol. The van der Waals surface area contributed by atoms with Crippen LogP contribution in [0.2, 0.25) is 0 Å². The Labute approximate surface area is 124 Å². The van der Waals surface area contributed by atoms with E-state index in [0.717, 1.165) is 38.6 Å². The van der Waals surface area contributed by atoms with Gasteiger partial charge in [-0.3, -0.25) is 4.79 Å². The quantitative estimate of drug-likeness (QED) is 0.910. The number of carbonyl (C=O) groups is 1. The highest BCUT2D eigenvalue weighted by molar-refractivity contribution is 7.10. The summed E-state index contributed by atoms with van der Waals surface area (Å²) < 4.78 is 0. The van der Waals surface area contributed by atoms with Gasteiger partial charge in [-0.05, 0) is 55.0 Å². The van der Waals surface area contributed by atoms with Crippen LogP contribution < -0.4 is 5.73 Å². The summed E-state index contributed by atoms with van der Waals surface area (Å²) in [6, 6.07) is 2.55. The van der Waals surface area contributed by atoms with Gasteiger partial charge in [0.2, 0.25) is 5.91 Å². The van der Waals surface area contributed by atoms with Crippen molar-refractivity contribution in [1.29, 1.82) is 0 Å². The number of nitrogens with two attached hydrogens (primary N) is 1. The molecule has 3 nitrogen and oxygen atoms in total. The predicted molar refractivity (Wildman–Crippen MR) is 80.6 cm³/mol. The molecule has 2 N–H and O–H groups in total. The van der Waals surface area contributed by atoms with Gasteiger partial charge in [0.25, 0.3) is 0 Å². The number of amides is 1. The minimum Gasteiger partial charge on any atom is -0.333 e. The second-order valence-electron chi connectivity index (χ2n) is 6.69. The molecule has 1 amide bonds. The smallest absolute Gasteiger partial charge is 0.243 e. The second-order valence-corrected chi connectivity index (χ2v) is 7.69. The van der Waals surface area contributed by atoms with Gasteiger partial charge in [0.05, 0.1) is 11.6 Å². The van der Waals surface area contributed by atoms with E-state index in [0.29, 0.717) is 12.0 Å². The van der Waals surface area contributed by atoms with Crippen LogP contribution in [0.25, 0.3) is 0 Å². The van der Waals surface area contributed by atoms with Crippen LogP contribution in [0.4, 0.5) is 0 Å². The van der Waals surface area contributed by atoms with Gasteiger partial charge in [0.15, 0.2) is 0 Å². The predicted octanol–water partition coefficient (Wildman–Crippen LogP) is 2.86. The maximum Gasteiger partial charge on any atom is 0.243 e. The van der Waals surface area contributed by atoms with Crippen LogP contribution in [-0.2, 0) is 11.2 Å². The van der Waals surface area contributed by atoms with Gasteiger partial charge in [0, 0.05) is 11.4 Å². The summed E-state index contributed by atoms with van der Waals surface area (Å²) in [5.41, 5.74) is 7.27. The first-order chi connectivity index (χ1) is 9.69. The SMILES string of the molecule is NC1(C(=O)N2CCc3sccc3C2C2CC2)CCCC1. The maximum atomic E-state index is 13.0. The van der Waals surface area contributed by atoms with Crippen molar-refractivity contribution in [3.63, 3.8) is 0 Å². The van der Waals surface area contributed by atoms with Crippen molar-refractivity contribution in [2.24, 2.45) is 11.7 Å². The number of fused-ring (bicyclic) bond motifs is 1. The Morgan fingerprint density at radius 3 is 2.80 bits per heavy atom. The summed E-state index contributed by atoms with van der Waals surface area (Å²) in [6.45, 7) is 0.868. The largest absolute Gasteiger partial charge is 0.333 e. The Bertz CT molecular complexity index is 528. The van der Waals surface area contributed by atoms with Gasteiger partial charge in [-0.15, -0.1) is 11.3 Å². The topological polar surface area (TPSA) is 46.3 Å². The molecule has 108 valence electrons. The third kappa shape index (κ3) is 1.92. The highest BCUT2D eigenvalue weighted by atomic mass is 32.1. The van der Waals surface area contributed by atoms with Crippen molar-refractivity contribution in [2.45, 2.75) is 56.5 Å². The minimum absolute atomic E-state index is 0.226. The van der Waals surface area contributed by atoms with Gasteiger partial charge in [-0.2, -0.15) is 0 Å². The van der Waals surface area contributed by atoms with Crippen LogP contribution in [0.15, 0.2) is 11.4 Å². The molecule has 2 aliphatic carbocycles. The second kappa shape index (κ2) is 4.57. The molecule has 0 bridgehead atoms. The van der Waals surface area contributed by atoms with Crippen LogP contribution in [0, 0.1) is 5.92 Å². The van der Waals surface area contributed by atoms with E-state index >= 15 is 0 Å².